The van der Waals surface area contributed by atoms with Crippen LogP contribution < -0.4 is 0 Å². The molecular formula is C18H16O4S. The Hall–Kier alpha value is -2.40. The Labute approximate surface area is 138 Å². The van der Waals surface area contributed by atoms with Crippen LogP contribution in [0.3, 0.4) is 0 Å². The maximum Gasteiger partial charge on any atom is 0.313 e. The molecule has 0 saturated carbocycles. The molecule has 0 heterocycles. The third kappa shape index (κ3) is 5.07. The molecular weight excluding hydrogens is 312 g/mol. The molecule has 2 rings (SSSR count). The average molecular weight is 328 g/mol. The van der Waals surface area contributed by atoms with Crippen LogP contribution in [0.25, 0.3) is 0 Å². The van der Waals surface area contributed by atoms with Crippen LogP contribution in [-0.2, 0) is 4.79 Å². The minimum atomic E-state index is -1.01. The fourth-order valence-electron chi connectivity index (χ4n) is 2.10. The van der Waals surface area contributed by atoms with Gasteiger partial charge in [0.1, 0.15) is 0 Å². The second-order valence-corrected chi connectivity index (χ2v) is 6.11. The predicted octanol–water partition coefficient (Wildman–Crippen LogP) is 3.33. The predicted molar refractivity (Wildman–Crippen MR) is 90.0 cm³/mol. The van der Waals surface area contributed by atoms with Crippen LogP contribution in [-0.4, -0.2) is 33.6 Å². The molecule has 0 unspecified atom stereocenters. The highest BCUT2D eigenvalue weighted by Crippen LogP contribution is 2.22. The molecule has 4 nitrogen and oxygen atoms in total. The number of thioether (sulfide) groups is 1. The van der Waals surface area contributed by atoms with Crippen LogP contribution >= 0.6 is 11.8 Å². The molecule has 0 saturated heterocycles. The topological polar surface area (TPSA) is 71.4 Å². The van der Waals surface area contributed by atoms with Crippen molar-refractivity contribution in [3.8, 4) is 0 Å². The zero-order valence-corrected chi connectivity index (χ0v) is 13.2. The number of Topliss-reactive ketones (excluding diaryl/α,β-unsaturated/α-hetero) is 2. The number of hydrogen-bond acceptors (Lipinski definition) is 4. The monoisotopic (exact) mass is 328 g/mol. The number of carbonyl (C=O) groups is 3. The van der Waals surface area contributed by atoms with Crippen molar-refractivity contribution in [3.05, 3.63) is 71.8 Å². The van der Waals surface area contributed by atoms with Crippen LogP contribution in [0.15, 0.2) is 60.7 Å². The molecule has 0 amide bonds. The van der Waals surface area contributed by atoms with E-state index in [9.17, 15) is 14.4 Å². The Morgan fingerprint density at radius 2 is 1.39 bits per heavy atom. The number of carboxylic acids is 1. The highest BCUT2D eigenvalue weighted by Gasteiger charge is 2.25. The van der Waals surface area contributed by atoms with Gasteiger partial charge in [-0.2, -0.15) is 0 Å². The Kier molecular flexibility index (Phi) is 6.11. The summed E-state index contributed by atoms with van der Waals surface area (Å²) in [7, 11) is 0. The molecule has 0 aliphatic heterocycles. The molecule has 23 heavy (non-hydrogen) atoms. The summed E-state index contributed by atoms with van der Waals surface area (Å²) in [4.78, 5) is 35.7. The van der Waals surface area contributed by atoms with Gasteiger partial charge in [0.05, 0.1) is 11.0 Å². The largest absolute Gasteiger partial charge is 0.481 e. The van der Waals surface area contributed by atoms with E-state index in [0.29, 0.717) is 11.1 Å². The lowest BCUT2D eigenvalue weighted by Gasteiger charge is -2.14. The van der Waals surface area contributed by atoms with Crippen molar-refractivity contribution in [1.29, 1.82) is 0 Å². The highest BCUT2D eigenvalue weighted by atomic mass is 32.2. The van der Waals surface area contributed by atoms with E-state index >= 15 is 0 Å². The van der Waals surface area contributed by atoms with E-state index in [0.717, 1.165) is 11.8 Å². The summed E-state index contributed by atoms with van der Waals surface area (Å²) in [6, 6.07) is 17.3. The zero-order chi connectivity index (χ0) is 16.7. The van der Waals surface area contributed by atoms with Crippen molar-refractivity contribution in [2.75, 3.05) is 5.75 Å². The first kappa shape index (κ1) is 17.0. The first-order chi connectivity index (χ1) is 11.1. The Morgan fingerprint density at radius 1 is 0.870 bits per heavy atom. The van der Waals surface area contributed by atoms with Crippen molar-refractivity contribution in [2.45, 2.75) is 11.7 Å². The Morgan fingerprint density at radius 3 is 1.91 bits per heavy atom. The second-order valence-electron chi connectivity index (χ2n) is 4.92. The van der Waals surface area contributed by atoms with E-state index in [1.165, 1.54) is 0 Å². The number of hydrogen-bond donors (Lipinski definition) is 1. The minimum absolute atomic E-state index is 0.0182. The number of aliphatic carboxylic acids is 1. The molecule has 2 aromatic rings. The van der Waals surface area contributed by atoms with Crippen molar-refractivity contribution >= 4 is 29.3 Å². The first-order valence-corrected chi connectivity index (χ1v) is 8.13. The molecule has 0 bridgehead atoms. The molecule has 2 aromatic carbocycles. The van der Waals surface area contributed by atoms with Gasteiger partial charge in [0.25, 0.3) is 0 Å². The Balaban J connectivity index is 2.15. The summed E-state index contributed by atoms with van der Waals surface area (Å²) >= 11 is 0.986. The average Bonchev–Trinajstić information content (AvgIpc) is 2.59. The fraction of sp³-hybridized carbons (Fsp3) is 0.167. The third-order valence-electron chi connectivity index (χ3n) is 3.23. The molecule has 0 aliphatic rings. The van der Waals surface area contributed by atoms with Gasteiger partial charge >= 0.3 is 5.97 Å². The number of carbonyl (C=O) groups excluding carboxylic acids is 2. The minimum Gasteiger partial charge on any atom is -0.481 e. The van der Waals surface area contributed by atoms with Gasteiger partial charge in [-0.1, -0.05) is 60.7 Å². The van der Waals surface area contributed by atoms with Gasteiger partial charge in [0.15, 0.2) is 11.6 Å². The summed E-state index contributed by atoms with van der Waals surface area (Å²) in [6.07, 6.45) is -0.0182. The SMILES string of the molecule is O=C(O)CS[C@@H](CC(=O)c1ccccc1)C(=O)c1ccccc1. The van der Waals surface area contributed by atoms with Gasteiger partial charge in [0, 0.05) is 17.5 Å². The molecule has 118 valence electrons. The summed E-state index contributed by atoms with van der Waals surface area (Å²) in [5, 5.41) is 8.14. The summed E-state index contributed by atoms with van der Waals surface area (Å²) in [6.45, 7) is 0. The lowest BCUT2D eigenvalue weighted by Crippen LogP contribution is -2.23. The third-order valence-corrected chi connectivity index (χ3v) is 4.42. The van der Waals surface area contributed by atoms with Gasteiger partial charge in [0.2, 0.25) is 0 Å². The molecule has 0 aliphatic carbocycles. The number of benzene rings is 2. The smallest absolute Gasteiger partial charge is 0.313 e. The van der Waals surface area contributed by atoms with Crippen LogP contribution in [0.5, 0.6) is 0 Å². The van der Waals surface area contributed by atoms with Gasteiger partial charge in [-0.15, -0.1) is 11.8 Å². The highest BCUT2D eigenvalue weighted by molar-refractivity contribution is 8.01. The maximum atomic E-state index is 12.6. The van der Waals surface area contributed by atoms with Crippen molar-refractivity contribution < 1.29 is 19.5 Å². The Bertz CT molecular complexity index is 683. The molecule has 5 heteroatoms. The van der Waals surface area contributed by atoms with Crippen molar-refractivity contribution in [1.82, 2.24) is 0 Å². The van der Waals surface area contributed by atoms with Gasteiger partial charge in [-0.05, 0) is 0 Å². The van der Waals surface area contributed by atoms with E-state index in [1.54, 1.807) is 54.6 Å². The molecule has 1 N–H and O–H groups in total. The van der Waals surface area contributed by atoms with E-state index in [4.69, 9.17) is 5.11 Å². The molecule has 0 aromatic heterocycles. The van der Waals surface area contributed by atoms with Crippen LogP contribution in [0, 0.1) is 0 Å². The second kappa shape index (κ2) is 8.29. The summed E-state index contributed by atoms with van der Waals surface area (Å²) in [5.41, 5.74) is 1.01. The number of carboxylic acid groups (broad SMARTS) is 1. The van der Waals surface area contributed by atoms with Gasteiger partial charge < -0.3 is 5.11 Å². The van der Waals surface area contributed by atoms with E-state index in [2.05, 4.69) is 0 Å². The van der Waals surface area contributed by atoms with Crippen molar-refractivity contribution in [2.24, 2.45) is 0 Å². The molecule has 1 atom stereocenters. The fourth-order valence-corrected chi connectivity index (χ4v) is 3.00. The first-order valence-electron chi connectivity index (χ1n) is 7.09. The molecule has 0 spiro atoms. The zero-order valence-electron chi connectivity index (χ0n) is 12.3. The number of ketones is 2. The quantitative estimate of drug-likeness (QED) is 0.753. The maximum absolute atomic E-state index is 12.6. The van der Waals surface area contributed by atoms with E-state index in [1.807, 2.05) is 6.07 Å². The van der Waals surface area contributed by atoms with Crippen LogP contribution in [0.4, 0.5) is 0 Å². The normalized spacial score (nSPS) is 11.7. The van der Waals surface area contributed by atoms with E-state index in [-0.39, 0.29) is 23.7 Å². The van der Waals surface area contributed by atoms with E-state index < -0.39 is 11.2 Å². The van der Waals surface area contributed by atoms with Gasteiger partial charge in [-0.3, -0.25) is 14.4 Å². The standard InChI is InChI=1S/C18H16O4S/c19-15(13-7-3-1-4-8-13)11-16(23-12-17(20)21)18(22)14-9-5-2-6-10-14/h1-10,16H,11-12H2,(H,20,21)/t16-/m0/s1. The van der Waals surface area contributed by atoms with Crippen LogP contribution in [0.2, 0.25) is 0 Å². The van der Waals surface area contributed by atoms with Crippen LogP contribution in [0.1, 0.15) is 27.1 Å². The lowest BCUT2D eigenvalue weighted by atomic mass is 10.0. The van der Waals surface area contributed by atoms with Gasteiger partial charge in [-0.25, -0.2) is 0 Å². The summed E-state index contributed by atoms with van der Waals surface area (Å²) < 4.78 is 0. The van der Waals surface area contributed by atoms with Crippen molar-refractivity contribution in [3.63, 3.8) is 0 Å². The lowest BCUT2D eigenvalue weighted by molar-refractivity contribution is -0.133. The molecule has 0 radical (unpaired) electrons. The molecule has 0 fully saturated rings. The summed E-state index contributed by atoms with van der Waals surface area (Å²) in [5.74, 6) is -1.61. The number of rotatable bonds is 8.